The topological polar surface area (TPSA) is 58.6 Å². The highest BCUT2D eigenvalue weighted by molar-refractivity contribution is 6.04. The monoisotopic (exact) mass is 436 g/mol. The summed E-state index contributed by atoms with van der Waals surface area (Å²) < 4.78 is 33.6. The van der Waals surface area contributed by atoms with Gasteiger partial charge in [0.05, 0.1) is 0 Å². The van der Waals surface area contributed by atoms with Crippen LogP contribution in [0.4, 0.5) is 14.5 Å². The van der Waals surface area contributed by atoms with E-state index < -0.39 is 17.8 Å². The number of benzene rings is 3. The van der Waals surface area contributed by atoms with Gasteiger partial charge in [0.15, 0.2) is 6.10 Å². The zero-order valence-corrected chi connectivity index (χ0v) is 17.5. The molecular formula is C25H22F2N2O3. The summed E-state index contributed by atoms with van der Waals surface area (Å²) >= 11 is 0. The highest BCUT2D eigenvalue weighted by Crippen LogP contribution is 2.30. The lowest BCUT2D eigenvalue weighted by atomic mass is 10.1. The predicted molar refractivity (Wildman–Crippen MR) is 116 cm³/mol. The van der Waals surface area contributed by atoms with Crippen molar-refractivity contribution in [3.8, 4) is 5.75 Å². The van der Waals surface area contributed by atoms with E-state index in [0.717, 1.165) is 6.07 Å². The van der Waals surface area contributed by atoms with Crippen LogP contribution in [0.5, 0.6) is 5.75 Å². The third kappa shape index (κ3) is 4.61. The quantitative estimate of drug-likeness (QED) is 0.618. The molecule has 0 unspecified atom stereocenters. The lowest BCUT2D eigenvalue weighted by Crippen LogP contribution is -2.39. The Kier molecular flexibility index (Phi) is 6.16. The van der Waals surface area contributed by atoms with Gasteiger partial charge >= 0.3 is 0 Å². The minimum atomic E-state index is -0.684. The smallest absolute Gasteiger partial charge is 0.264 e. The predicted octanol–water partition coefficient (Wildman–Crippen LogP) is 4.92. The highest BCUT2D eigenvalue weighted by Gasteiger charge is 2.30. The van der Waals surface area contributed by atoms with E-state index in [1.165, 1.54) is 24.3 Å². The molecule has 3 aromatic rings. The van der Waals surface area contributed by atoms with Gasteiger partial charge in [0.1, 0.15) is 17.4 Å². The van der Waals surface area contributed by atoms with Gasteiger partial charge in [-0.1, -0.05) is 31.2 Å². The molecule has 32 heavy (non-hydrogen) atoms. The second kappa shape index (κ2) is 9.18. The van der Waals surface area contributed by atoms with Crippen LogP contribution in [0.3, 0.4) is 0 Å². The van der Waals surface area contributed by atoms with Crippen LogP contribution in [-0.4, -0.2) is 22.8 Å². The van der Waals surface area contributed by atoms with Crippen molar-refractivity contribution in [2.45, 2.75) is 32.5 Å². The molecule has 4 rings (SSSR count). The number of anilines is 1. The number of hydrogen-bond donors (Lipinski definition) is 1. The molecule has 0 aromatic heterocycles. The molecule has 0 spiro atoms. The Bertz CT molecular complexity index is 1170. The van der Waals surface area contributed by atoms with E-state index in [2.05, 4.69) is 5.32 Å². The van der Waals surface area contributed by atoms with Crippen LogP contribution in [0, 0.1) is 11.6 Å². The number of nitrogens with one attached hydrogen (secondary N) is 1. The Morgan fingerprint density at radius 2 is 1.91 bits per heavy atom. The molecule has 0 fully saturated rings. The molecule has 0 radical (unpaired) electrons. The van der Waals surface area contributed by atoms with E-state index in [-0.39, 0.29) is 30.4 Å². The summed E-state index contributed by atoms with van der Waals surface area (Å²) in [6, 6.07) is 16.8. The summed E-state index contributed by atoms with van der Waals surface area (Å²) in [5.41, 5.74) is 1.77. The average Bonchev–Trinajstić information content (AvgIpc) is 2.91. The first-order chi connectivity index (χ1) is 15.4. The molecule has 1 heterocycles. The molecule has 3 aromatic carbocycles. The second-order valence-corrected chi connectivity index (χ2v) is 7.59. The summed E-state index contributed by atoms with van der Waals surface area (Å²) in [4.78, 5) is 27.0. The van der Waals surface area contributed by atoms with E-state index in [1.807, 2.05) is 6.92 Å². The van der Waals surface area contributed by atoms with Gasteiger partial charge in [-0.3, -0.25) is 9.59 Å². The van der Waals surface area contributed by atoms with Crippen molar-refractivity contribution in [1.29, 1.82) is 0 Å². The van der Waals surface area contributed by atoms with Crippen molar-refractivity contribution >= 4 is 17.5 Å². The Morgan fingerprint density at radius 3 is 2.66 bits per heavy atom. The molecule has 0 saturated carbocycles. The van der Waals surface area contributed by atoms with E-state index in [0.29, 0.717) is 29.0 Å². The van der Waals surface area contributed by atoms with Gasteiger partial charge in [0, 0.05) is 35.5 Å². The zero-order valence-electron chi connectivity index (χ0n) is 17.5. The number of carbonyl (C=O) groups excluding carboxylic acids is 2. The molecule has 1 aliphatic rings. The summed E-state index contributed by atoms with van der Waals surface area (Å²) in [7, 11) is 0. The van der Waals surface area contributed by atoms with Crippen molar-refractivity contribution in [3.05, 3.63) is 95.1 Å². The van der Waals surface area contributed by atoms with Gasteiger partial charge in [-0.25, -0.2) is 8.78 Å². The van der Waals surface area contributed by atoms with Crippen LogP contribution in [0.15, 0.2) is 66.7 Å². The Balaban J connectivity index is 1.60. The Morgan fingerprint density at radius 1 is 1.09 bits per heavy atom. The highest BCUT2D eigenvalue weighted by atomic mass is 19.1. The molecular weight excluding hydrogens is 414 g/mol. The van der Waals surface area contributed by atoms with Crippen molar-refractivity contribution < 1.29 is 23.1 Å². The van der Waals surface area contributed by atoms with Gasteiger partial charge in [-0.05, 0) is 48.9 Å². The van der Waals surface area contributed by atoms with Gasteiger partial charge in [0.25, 0.3) is 11.8 Å². The summed E-state index contributed by atoms with van der Waals surface area (Å²) in [5.74, 6) is -1.03. The molecule has 5 nitrogen and oxygen atoms in total. The number of halogens is 2. The molecule has 1 N–H and O–H groups in total. The molecule has 1 atom stereocenters. The minimum absolute atomic E-state index is 0.102. The van der Waals surface area contributed by atoms with Crippen LogP contribution in [0.1, 0.15) is 34.8 Å². The Hall–Kier alpha value is -3.74. The van der Waals surface area contributed by atoms with Crippen LogP contribution in [0.2, 0.25) is 0 Å². The minimum Gasteiger partial charge on any atom is -0.480 e. The van der Waals surface area contributed by atoms with Gasteiger partial charge in [-0.15, -0.1) is 0 Å². The maximum atomic E-state index is 14.2. The molecule has 2 amide bonds. The fourth-order valence-corrected chi connectivity index (χ4v) is 3.64. The molecule has 7 heteroatoms. The normalized spacial score (nSPS) is 15.5. The molecule has 0 bridgehead atoms. The van der Waals surface area contributed by atoms with Crippen LogP contribution < -0.4 is 10.1 Å². The number of nitrogens with zero attached hydrogens (tertiary/aromatic N) is 1. The van der Waals surface area contributed by atoms with Crippen molar-refractivity contribution in [1.82, 2.24) is 4.90 Å². The fraction of sp³-hybridized carbons (Fsp3) is 0.200. The maximum absolute atomic E-state index is 14.2. The van der Waals surface area contributed by atoms with Crippen molar-refractivity contribution in [2.75, 3.05) is 5.32 Å². The number of rotatable bonds is 5. The standard InChI is InChI=1S/C25H22F2N2O3/c1-2-22-25(31)29(14-17-6-3-4-9-21(17)27)15-18-13-20(10-11-23(18)32-22)28-24(30)16-7-5-8-19(26)12-16/h3-13,22H,2,14-15H2,1H3,(H,28,30)/t22-/m1/s1. The van der Waals surface area contributed by atoms with E-state index in [9.17, 15) is 18.4 Å². The van der Waals surface area contributed by atoms with Gasteiger partial charge < -0.3 is 15.0 Å². The maximum Gasteiger partial charge on any atom is 0.264 e. The van der Waals surface area contributed by atoms with Crippen molar-refractivity contribution in [2.24, 2.45) is 0 Å². The van der Waals surface area contributed by atoms with Crippen LogP contribution >= 0.6 is 0 Å². The van der Waals surface area contributed by atoms with E-state index in [4.69, 9.17) is 4.74 Å². The summed E-state index contributed by atoms with van der Waals surface area (Å²) in [6.45, 7) is 2.15. The first-order valence-electron chi connectivity index (χ1n) is 10.3. The number of ether oxygens (including phenoxy) is 1. The zero-order chi connectivity index (χ0) is 22.7. The van der Waals surface area contributed by atoms with Gasteiger partial charge in [-0.2, -0.15) is 0 Å². The molecule has 164 valence electrons. The summed E-state index contributed by atoms with van der Waals surface area (Å²) in [5, 5.41) is 2.74. The molecule has 0 aliphatic carbocycles. The lowest BCUT2D eigenvalue weighted by molar-refractivity contribution is -0.139. The number of hydrogen-bond acceptors (Lipinski definition) is 3. The first kappa shape index (κ1) is 21.5. The first-order valence-corrected chi connectivity index (χ1v) is 10.3. The van der Waals surface area contributed by atoms with Crippen LogP contribution in [-0.2, 0) is 17.9 Å². The molecule has 1 aliphatic heterocycles. The number of fused-ring (bicyclic) bond motifs is 1. The molecule has 0 saturated heterocycles. The van der Waals surface area contributed by atoms with Crippen LogP contribution in [0.25, 0.3) is 0 Å². The number of amides is 2. The third-order valence-corrected chi connectivity index (χ3v) is 5.31. The Labute approximate surface area is 184 Å². The lowest BCUT2D eigenvalue weighted by Gasteiger charge is -2.23. The van der Waals surface area contributed by atoms with E-state index in [1.54, 1.807) is 41.3 Å². The summed E-state index contributed by atoms with van der Waals surface area (Å²) in [6.07, 6.45) is -0.222. The largest absolute Gasteiger partial charge is 0.480 e. The number of carbonyl (C=O) groups is 2. The fourth-order valence-electron chi connectivity index (χ4n) is 3.64. The SMILES string of the molecule is CC[C@H]1Oc2ccc(NC(=O)c3cccc(F)c3)cc2CN(Cc2ccccc2F)C1=O. The van der Waals surface area contributed by atoms with E-state index >= 15 is 0 Å². The second-order valence-electron chi connectivity index (χ2n) is 7.59. The van der Waals surface area contributed by atoms with Crippen molar-refractivity contribution in [3.63, 3.8) is 0 Å². The average molecular weight is 436 g/mol. The third-order valence-electron chi connectivity index (χ3n) is 5.31. The van der Waals surface area contributed by atoms with Gasteiger partial charge in [0.2, 0.25) is 0 Å².